The number of nitrogens with one attached hydrogen (secondary N) is 1. The van der Waals surface area contributed by atoms with Crippen LogP contribution < -0.4 is 22.3 Å². The number of hydrogen-bond donors (Lipinski definition) is 1. The molecule has 0 saturated heterocycles. The standard InChI is InChI=1S/C24H20FN3O.ClH/c25-19-12-10-18(11-13-19)22-15-27(24-9-4-14-28(22)24)16-23(29)26-21-8-3-6-17-5-1-2-7-20(17)21;/h1-3,5-8,10-13,15H,4,9,14,16H2;1H. The summed E-state index contributed by atoms with van der Waals surface area (Å²) in [5.74, 6) is 0.832. The van der Waals surface area contributed by atoms with Gasteiger partial charge in [0.15, 0.2) is 12.2 Å². The fourth-order valence-corrected chi connectivity index (χ4v) is 4.18. The Kier molecular flexibility index (Phi) is 5.55. The van der Waals surface area contributed by atoms with E-state index in [1.165, 1.54) is 12.1 Å². The molecule has 1 aliphatic rings. The largest absolute Gasteiger partial charge is 1.00 e. The maximum Gasteiger partial charge on any atom is 0.266 e. The van der Waals surface area contributed by atoms with Gasteiger partial charge in [0, 0.05) is 16.6 Å². The molecule has 3 aromatic carbocycles. The first kappa shape index (κ1) is 20.1. The Morgan fingerprint density at radius 2 is 1.80 bits per heavy atom. The van der Waals surface area contributed by atoms with E-state index >= 15 is 0 Å². The molecule has 2 heterocycles. The first-order valence-corrected chi connectivity index (χ1v) is 9.84. The van der Waals surface area contributed by atoms with Gasteiger partial charge in [-0.05, 0) is 42.1 Å². The van der Waals surface area contributed by atoms with Gasteiger partial charge in [-0.15, -0.1) is 0 Å². The minimum atomic E-state index is -0.246. The van der Waals surface area contributed by atoms with E-state index in [1.54, 1.807) is 12.1 Å². The highest BCUT2D eigenvalue weighted by Crippen LogP contribution is 2.25. The molecular formula is C24H21ClFN3O. The van der Waals surface area contributed by atoms with Crippen molar-refractivity contribution in [3.8, 4) is 11.3 Å². The highest BCUT2D eigenvalue weighted by Gasteiger charge is 2.29. The van der Waals surface area contributed by atoms with Crippen molar-refractivity contribution in [1.29, 1.82) is 0 Å². The molecule has 0 fully saturated rings. The molecule has 0 aliphatic carbocycles. The number of amides is 1. The predicted molar refractivity (Wildman–Crippen MR) is 111 cm³/mol. The van der Waals surface area contributed by atoms with Crippen LogP contribution in [0, 0.1) is 5.82 Å². The zero-order valence-corrected chi connectivity index (χ0v) is 17.1. The summed E-state index contributed by atoms with van der Waals surface area (Å²) < 4.78 is 17.6. The van der Waals surface area contributed by atoms with Crippen molar-refractivity contribution in [2.24, 2.45) is 0 Å². The Bertz CT molecular complexity index is 1210. The van der Waals surface area contributed by atoms with Gasteiger partial charge < -0.3 is 17.7 Å². The lowest BCUT2D eigenvalue weighted by atomic mass is 10.1. The first-order chi connectivity index (χ1) is 14.2. The number of imidazole rings is 1. The van der Waals surface area contributed by atoms with E-state index in [-0.39, 0.29) is 30.7 Å². The van der Waals surface area contributed by atoms with Crippen LogP contribution in [0.2, 0.25) is 0 Å². The van der Waals surface area contributed by atoms with Gasteiger partial charge in [-0.3, -0.25) is 4.79 Å². The van der Waals surface area contributed by atoms with E-state index in [9.17, 15) is 9.18 Å². The Hall–Kier alpha value is -3.18. The number of halogens is 2. The number of rotatable bonds is 4. The third kappa shape index (κ3) is 3.68. The molecule has 1 amide bonds. The molecular weight excluding hydrogens is 401 g/mol. The summed E-state index contributed by atoms with van der Waals surface area (Å²) in [5.41, 5.74) is 2.81. The zero-order valence-electron chi connectivity index (χ0n) is 16.3. The van der Waals surface area contributed by atoms with E-state index in [1.807, 2.05) is 53.2 Å². The van der Waals surface area contributed by atoms with E-state index in [2.05, 4.69) is 9.88 Å². The molecule has 6 heteroatoms. The normalized spacial score (nSPS) is 12.4. The summed E-state index contributed by atoms with van der Waals surface area (Å²) in [7, 11) is 0. The average molecular weight is 422 g/mol. The van der Waals surface area contributed by atoms with Gasteiger partial charge in [0.05, 0.1) is 13.0 Å². The van der Waals surface area contributed by atoms with Gasteiger partial charge in [-0.25, -0.2) is 13.5 Å². The van der Waals surface area contributed by atoms with Gasteiger partial charge >= 0.3 is 0 Å². The molecule has 5 rings (SSSR count). The maximum absolute atomic E-state index is 13.3. The molecule has 1 N–H and O–H groups in total. The molecule has 4 nitrogen and oxygen atoms in total. The van der Waals surface area contributed by atoms with Crippen molar-refractivity contribution >= 4 is 22.4 Å². The smallest absolute Gasteiger partial charge is 0.266 e. The Balaban J connectivity index is 0.00000218. The number of anilines is 1. The van der Waals surface area contributed by atoms with Crippen LogP contribution in [0.25, 0.3) is 22.0 Å². The lowest BCUT2D eigenvalue weighted by molar-refractivity contribution is -0.690. The van der Waals surface area contributed by atoms with Gasteiger partial charge in [0.2, 0.25) is 0 Å². The highest BCUT2D eigenvalue weighted by molar-refractivity contribution is 6.01. The fourth-order valence-electron chi connectivity index (χ4n) is 4.18. The van der Waals surface area contributed by atoms with E-state index in [0.717, 1.165) is 52.9 Å². The van der Waals surface area contributed by atoms with Crippen LogP contribution in [0.1, 0.15) is 12.2 Å². The second-order valence-corrected chi connectivity index (χ2v) is 7.40. The summed E-state index contributed by atoms with van der Waals surface area (Å²) in [6.07, 6.45) is 3.99. The Labute approximate surface area is 180 Å². The summed E-state index contributed by atoms with van der Waals surface area (Å²) in [5, 5.41) is 5.19. The number of hydrogen-bond acceptors (Lipinski definition) is 1. The number of nitrogens with zero attached hydrogens (tertiary/aromatic N) is 2. The molecule has 0 bridgehead atoms. The molecule has 4 aromatic rings. The van der Waals surface area contributed by atoms with Crippen LogP contribution in [0.5, 0.6) is 0 Å². The predicted octanol–water partition coefficient (Wildman–Crippen LogP) is 1.32. The van der Waals surface area contributed by atoms with Crippen molar-refractivity contribution in [2.75, 3.05) is 5.32 Å². The summed E-state index contributed by atoms with van der Waals surface area (Å²) >= 11 is 0. The molecule has 30 heavy (non-hydrogen) atoms. The van der Waals surface area contributed by atoms with Crippen molar-refractivity contribution in [3.63, 3.8) is 0 Å². The van der Waals surface area contributed by atoms with Crippen molar-refractivity contribution < 1.29 is 26.2 Å². The average Bonchev–Trinajstić information content (AvgIpc) is 3.33. The minimum absolute atomic E-state index is 0. The van der Waals surface area contributed by atoms with E-state index in [0.29, 0.717) is 0 Å². The molecule has 1 aliphatic heterocycles. The highest BCUT2D eigenvalue weighted by atomic mass is 35.5. The monoisotopic (exact) mass is 421 g/mol. The molecule has 0 unspecified atom stereocenters. The maximum atomic E-state index is 13.3. The van der Waals surface area contributed by atoms with Gasteiger partial charge in [0.1, 0.15) is 12.0 Å². The van der Waals surface area contributed by atoms with Crippen LogP contribution in [-0.2, 0) is 24.3 Å². The molecule has 1 aromatic heterocycles. The fraction of sp³-hybridized carbons (Fsp3) is 0.167. The number of carbonyl (C=O) groups is 1. The summed E-state index contributed by atoms with van der Waals surface area (Å²) in [6, 6.07) is 20.5. The number of carbonyl (C=O) groups excluding carboxylic acids is 1. The van der Waals surface area contributed by atoms with Crippen molar-refractivity contribution in [1.82, 2.24) is 4.57 Å². The van der Waals surface area contributed by atoms with Crippen LogP contribution >= 0.6 is 0 Å². The van der Waals surface area contributed by atoms with Crippen LogP contribution in [-0.4, -0.2) is 10.5 Å². The van der Waals surface area contributed by atoms with E-state index < -0.39 is 0 Å². The molecule has 0 atom stereocenters. The van der Waals surface area contributed by atoms with Crippen molar-refractivity contribution in [3.05, 3.63) is 84.6 Å². The lowest BCUT2D eigenvalue weighted by Gasteiger charge is -2.08. The quantitative estimate of drug-likeness (QED) is 0.496. The summed E-state index contributed by atoms with van der Waals surface area (Å²) in [6.45, 7) is 1.17. The number of aromatic nitrogens is 2. The van der Waals surface area contributed by atoms with Crippen LogP contribution in [0.15, 0.2) is 72.9 Å². The minimum Gasteiger partial charge on any atom is -1.00 e. The molecule has 0 saturated carbocycles. The number of benzene rings is 3. The van der Waals surface area contributed by atoms with Gasteiger partial charge in [-0.2, -0.15) is 0 Å². The zero-order chi connectivity index (χ0) is 19.8. The Morgan fingerprint density at radius 1 is 1.03 bits per heavy atom. The van der Waals surface area contributed by atoms with Crippen LogP contribution in [0.3, 0.4) is 0 Å². The van der Waals surface area contributed by atoms with Gasteiger partial charge in [-0.1, -0.05) is 36.4 Å². The topological polar surface area (TPSA) is 37.9 Å². The summed E-state index contributed by atoms with van der Waals surface area (Å²) in [4.78, 5) is 12.8. The van der Waals surface area contributed by atoms with Crippen LogP contribution in [0.4, 0.5) is 10.1 Å². The first-order valence-electron chi connectivity index (χ1n) is 9.84. The molecule has 0 spiro atoms. The molecule has 152 valence electrons. The third-order valence-electron chi connectivity index (χ3n) is 5.51. The number of fused-ring (bicyclic) bond motifs is 2. The van der Waals surface area contributed by atoms with E-state index in [4.69, 9.17) is 0 Å². The second kappa shape index (κ2) is 8.28. The van der Waals surface area contributed by atoms with Crippen molar-refractivity contribution in [2.45, 2.75) is 25.9 Å². The second-order valence-electron chi connectivity index (χ2n) is 7.40. The molecule has 0 radical (unpaired) electrons. The SMILES string of the molecule is O=C(C[n+]1cc(-c2ccc(F)cc2)n2c1CCC2)Nc1cccc2ccccc12.[Cl-]. The third-order valence-corrected chi connectivity index (χ3v) is 5.51. The van der Waals surface area contributed by atoms with Gasteiger partial charge in [0.25, 0.3) is 11.7 Å². The Morgan fingerprint density at radius 3 is 2.63 bits per heavy atom. The lowest BCUT2D eigenvalue weighted by Crippen LogP contribution is -3.00.